The molecule has 1 aromatic carbocycles. The van der Waals surface area contributed by atoms with Crippen molar-refractivity contribution < 1.29 is 18.4 Å². The van der Waals surface area contributed by atoms with Gasteiger partial charge in [-0.05, 0) is 12.1 Å². The van der Waals surface area contributed by atoms with Crippen LogP contribution in [0.5, 0.6) is 0 Å². The number of benzene rings is 1. The van der Waals surface area contributed by atoms with Crippen LogP contribution in [0.3, 0.4) is 0 Å². The standard InChI is InChI=1S/C11H16N2O4S/c14-13(10-12-6-8-17-9-7-12)18(15,16)11-4-2-1-3-5-11/h1-5,14H,6-10H2. The number of sulfonamides is 1. The van der Waals surface area contributed by atoms with Gasteiger partial charge in [-0.3, -0.25) is 10.1 Å². The van der Waals surface area contributed by atoms with E-state index in [-0.39, 0.29) is 11.6 Å². The molecule has 1 aromatic rings. The summed E-state index contributed by atoms with van der Waals surface area (Å²) in [5.41, 5.74) is 0. The van der Waals surface area contributed by atoms with E-state index in [1.54, 1.807) is 18.2 Å². The molecule has 0 amide bonds. The Labute approximate surface area is 106 Å². The van der Waals surface area contributed by atoms with E-state index in [0.29, 0.717) is 30.8 Å². The lowest BCUT2D eigenvalue weighted by Crippen LogP contribution is -2.44. The van der Waals surface area contributed by atoms with E-state index in [1.165, 1.54) is 12.1 Å². The molecule has 1 aliphatic heterocycles. The van der Waals surface area contributed by atoms with Gasteiger partial charge in [0.05, 0.1) is 24.8 Å². The van der Waals surface area contributed by atoms with Crippen molar-refractivity contribution in [3.8, 4) is 0 Å². The summed E-state index contributed by atoms with van der Waals surface area (Å²) in [5, 5.41) is 9.75. The van der Waals surface area contributed by atoms with E-state index in [9.17, 15) is 13.6 Å². The van der Waals surface area contributed by atoms with Crippen molar-refractivity contribution in [2.75, 3.05) is 33.0 Å². The Morgan fingerprint density at radius 1 is 1.22 bits per heavy atom. The maximum atomic E-state index is 12.0. The Hall–Kier alpha value is -0.990. The van der Waals surface area contributed by atoms with Crippen LogP contribution in [0.25, 0.3) is 0 Å². The van der Waals surface area contributed by atoms with Crippen LogP contribution in [0.1, 0.15) is 0 Å². The van der Waals surface area contributed by atoms with Crippen molar-refractivity contribution in [2.24, 2.45) is 0 Å². The third kappa shape index (κ3) is 3.06. The summed E-state index contributed by atoms with van der Waals surface area (Å²) in [5.74, 6) is 0. The second kappa shape index (κ2) is 5.77. The number of ether oxygens (including phenoxy) is 1. The van der Waals surface area contributed by atoms with Gasteiger partial charge in [0, 0.05) is 13.1 Å². The fraction of sp³-hybridized carbons (Fsp3) is 0.455. The van der Waals surface area contributed by atoms with Crippen molar-refractivity contribution in [2.45, 2.75) is 4.90 Å². The van der Waals surface area contributed by atoms with Crippen LogP contribution in [-0.2, 0) is 14.8 Å². The SMILES string of the molecule is O=S(=O)(c1ccccc1)N(O)CN1CCOCC1. The fourth-order valence-electron chi connectivity index (χ4n) is 1.70. The first-order valence-electron chi connectivity index (χ1n) is 5.67. The highest BCUT2D eigenvalue weighted by Gasteiger charge is 2.25. The van der Waals surface area contributed by atoms with Crippen LogP contribution in [-0.4, -0.2) is 56.0 Å². The van der Waals surface area contributed by atoms with Crippen molar-refractivity contribution in [3.63, 3.8) is 0 Å². The van der Waals surface area contributed by atoms with Crippen LogP contribution in [0, 0.1) is 0 Å². The lowest BCUT2D eigenvalue weighted by molar-refractivity contribution is -0.0652. The number of hydroxylamine groups is 1. The largest absolute Gasteiger partial charge is 0.379 e. The minimum atomic E-state index is -3.83. The minimum Gasteiger partial charge on any atom is -0.379 e. The molecule has 1 aliphatic rings. The molecule has 0 saturated carbocycles. The first kappa shape index (κ1) is 13.4. The topological polar surface area (TPSA) is 70.1 Å². The summed E-state index contributed by atoms with van der Waals surface area (Å²) in [6.45, 7) is 2.29. The van der Waals surface area contributed by atoms with Gasteiger partial charge in [-0.15, -0.1) is 0 Å². The maximum absolute atomic E-state index is 12.0. The molecule has 6 nitrogen and oxygen atoms in total. The van der Waals surface area contributed by atoms with Gasteiger partial charge in [0.25, 0.3) is 10.0 Å². The highest BCUT2D eigenvalue weighted by Crippen LogP contribution is 2.13. The van der Waals surface area contributed by atoms with Gasteiger partial charge in [-0.1, -0.05) is 22.7 Å². The maximum Gasteiger partial charge on any atom is 0.266 e. The van der Waals surface area contributed by atoms with E-state index >= 15 is 0 Å². The average molecular weight is 272 g/mol. The van der Waals surface area contributed by atoms with Crippen LogP contribution in [0.2, 0.25) is 0 Å². The average Bonchev–Trinajstić information content (AvgIpc) is 2.41. The fourth-order valence-corrected chi connectivity index (χ4v) is 2.76. The van der Waals surface area contributed by atoms with Crippen LogP contribution < -0.4 is 0 Å². The summed E-state index contributed by atoms with van der Waals surface area (Å²) in [7, 11) is -3.83. The monoisotopic (exact) mass is 272 g/mol. The van der Waals surface area contributed by atoms with Gasteiger partial charge in [0.15, 0.2) is 0 Å². The zero-order valence-corrected chi connectivity index (χ0v) is 10.7. The Morgan fingerprint density at radius 3 is 2.44 bits per heavy atom. The first-order chi connectivity index (χ1) is 8.60. The lowest BCUT2D eigenvalue weighted by atomic mass is 10.4. The number of hydrogen-bond acceptors (Lipinski definition) is 5. The summed E-state index contributed by atoms with van der Waals surface area (Å²) < 4.78 is 29.6. The van der Waals surface area contributed by atoms with Crippen LogP contribution >= 0.6 is 0 Å². The van der Waals surface area contributed by atoms with Crippen LogP contribution in [0.4, 0.5) is 0 Å². The van der Waals surface area contributed by atoms with E-state index in [2.05, 4.69) is 0 Å². The zero-order chi connectivity index (χ0) is 13.0. The molecule has 1 N–H and O–H groups in total. The van der Waals surface area contributed by atoms with Gasteiger partial charge < -0.3 is 4.74 Å². The van der Waals surface area contributed by atoms with E-state index in [1.807, 2.05) is 4.90 Å². The summed E-state index contributed by atoms with van der Waals surface area (Å²) in [6, 6.07) is 7.88. The molecular formula is C11H16N2O4S. The highest BCUT2D eigenvalue weighted by atomic mass is 32.2. The molecule has 1 fully saturated rings. The number of nitrogens with zero attached hydrogens (tertiary/aromatic N) is 2. The van der Waals surface area contributed by atoms with Gasteiger partial charge in [-0.25, -0.2) is 8.42 Å². The molecule has 0 radical (unpaired) electrons. The number of hydrogen-bond donors (Lipinski definition) is 1. The molecule has 0 aliphatic carbocycles. The van der Waals surface area contributed by atoms with Crippen molar-refractivity contribution in [1.29, 1.82) is 0 Å². The first-order valence-corrected chi connectivity index (χ1v) is 7.11. The predicted molar refractivity (Wildman–Crippen MR) is 64.5 cm³/mol. The molecule has 1 saturated heterocycles. The Morgan fingerprint density at radius 2 is 1.83 bits per heavy atom. The minimum absolute atomic E-state index is 0.0411. The zero-order valence-electron chi connectivity index (χ0n) is 9.90. The molecule has 0 unspecified atom stereocenters. The van der Waals surface area contributed by atoms with Gasteiger partial charge >= 0.3 is 0 Å². The Kier molecular flexibility index (Phi) is 4.31. The van der Waals surface area contributed by atoms with Crippen LogP contribution in [0.15, 0.2) is 35.2 Å². The van der Waals surface area contributed by atoms with Crippen molar-refractivity contribution in [1.82, 2.24) is 9.37 Å². The van der Waals surface area contributed by atoms with Crippen molar-refractivity contribution in [3.05, 3.63) is 30.3 Å². The third-order valence-electron chi connectivity index (χ3n) is 2.74. The second-order valence-corrected chi connectivity index (χ2v) is 5.86. The molecule has 2 rings (SSSR count). The molecule has 18 heavy (non-hydrogen) atoms. The smallest absolute Gasteiger partial charge is 0.266 e. The van der Waals surface area contributed by atoms with Gasteiger partial charge in [0.2, 0.25) is 0 Å². The molecule has 0 spiro atoms. The Balaban J connectivity index is 2.05. The summed E-state index contributed by atoms with van der Waals surface area (Å²) >= 11 is 0. The van der Waals surface area contributed by atoms with Crippen molar-refractivity contribution >= 4 is 10.0 Å². The molecule has 0 aromatic heterocycles. The van der Waals surface area contributed by atoms with E-state index in [0.717, 1.165) is 0 Å². The summed E-state index contributed by atoms with van der Waals surface area (Å²) in [4.78, 5) is 1.91. The quantitative estimate of drug-likeness (QED) is 0.801. The number of rotatable bonds is 4. The second-order valence-electron chi connectivity index (χ2n) is 4.01. The lowest BCUT2D eigenvalue weighted by Gasteiger charge is -2.29. The Bertz CT molecular complexity index is 471. The molecule has 1 heterocycles. The van der Waals surface area contributed by atoms with E-state index in [4.69, 9.17) is 4.74 Å². The van der Waals surface area contributed by atoms with Gasteiger partial charge in [0.1, 0.15) is 0 Å². The third-order valence-corrected chi connectivity index (χ3v) is 4.28. The molecule has 0 atom stereocenters. The predicted octanol–water partition coefficient (Wildman–Crippen LogP) is 0.356. The normalized spacial score (nSPS) is 18.1. The highest BCUT2D eigenvalue weighted by molar-refractivity contribution is 7.89. The molecule has 100 valence electrons. The van der Waals surface area contributed by atoms with E-state index < -0.39 is 10.0 Å². The molecule has 0 bridgehead atoms. The van der Waals surface area contributed by atoms with Gasteiger partial charge in [-0.2, -0.15) is 0 Å². The summed E-state index contributed by atoms with van der Waals surface area (Å²) in [6.07, 6.45) is 0. The molecule has 7 heteroatoms. The number of morpholine rings is 1. The molecular weight excluding hydrogens is 256 g/mol.